The number of rotatable bonds is 4. The second kappa shape index (κ2) is 7.92. The lowest BCUT2D eigenvalue weighted by Gasteiger charge is -2.36. The van der Waals surface area contributed by atoms with Gasteiger partial charge in [-0.3, -0.25) is 4.90 Å². The van der Waals surface area contributed by atoms with Crippen LogP contribution in [0.3, 0.4) is 0 Å². The van der Waals surface area contributed by atoms with Crippen LogP contribution in [0.25, 0.3) is 0 Å². The number of benzene rings is 1. The molecular weight excluding hydrogens is 334 g/mol. The molecule has 0 aromatic heterocycles. The van der Waals surface area contributed by atoms with Crippen molar-refractivity contribution in [2.75, 3.05) is 50.8 Å². The number of morpholine rings is 1. The van der Waals surface area contributed by atoms with Gasteiger partial charge in [0, 0.05) is 44.0 Å². The van der Waals surface area contributed by atoms with Crippen LogP contribution in [-0.2, 0) is 11.2 Å². The second-order valence-electron chi connectivity index (χ2n) is 6.62. The molecule has 0 spiro atoms. The van der Waals surface area contributed by atoms with Crippen molar-refractivity contribution in [1.82, 2.24) is 4.90 Å². The van der Waals surface area contributed by atoms with Crippen LogP contribution < -0.4 is 4.90 Å². The molecule has 1 aromatic rings. The maximum atomic E-state index is 14.4. The van der Waals surface area contributed by atoms with Gasteiger partial charge in [-0.25, -0.2) is 8.78 Å². The lowest BCUT2D eigenvalue weighted by atomic mass is 10.0. The van der Waals surface area contributed by atoms with Gasteiger partial charge in [0.05, 0.1) is 25.4 Å². The summed E-state index contributed by atoms with van der Waals surface area (Å²) in [6.45, 7) is 2.88. The maximum Gasteiger partial charge on any atom is 0.131 e. The van der Waals surface area contributed by atoms with Gasteiger partial charge in [0.2, 0.25) is 0 Å². The molecule has 3 rings (SSSR count). The van der Waals surface area contributed by atoms with Crippen molar-refractivity contribution in [3.63, 3.8) is 0 Å². The molecule has 0 aliphatic carbocycles. The quantitative estimate of drug-likeness (QED) is 0.689. The van der Waals surface area contributed by atoms with E-state index in [1.165, 1.54) is 12.1 Å². The molecule has 0 radical (unpaired) electrons. The summed E-state index contributed by atoms with van der Waals surface area (Å²) in [5, 5.41) is 28.9. The number of ether oxygens (including phenoxy) is 1. The Morgan fingerprint density at radius 3 is 2.12 bits per heavy atom. The number of nitrogens with zero attached hydrogens (tertiary/aromatic N) is 2. The van der Waals surface area contributed by atoms with Crippen LogP contribution in [0.1, 0.15) is 5.56 Å². The molecule has 2 atom stereocenters. The van der Waals surface area contributed by atoms with Crippen molar-refractivity contribution in [2.24, 2.45) is 0 Å². The summed E-state index contributed by atoms with van der Waals surface area (Å²) in [7, 11) is 0. The van der Waals surface area contributed by atoms with Crippen molar-refractivity contribution in [3.8, 4) is 0 Å². The summed E-state index contributed by atoms with van der Waals surface area (Å²) in [5.41, 5.74) is 0.501. The van der Waals surface area contributed by atoms with E-state index in [2.05, 4.69) is 0 Å². The average Bonchev–Trinajstić information content (AvgIpc) is 2.59. The van der Waals surface area contributed by atoms with Gasteiger partial charge in [0.25, 0.3) is 0 Å². The molecule has 2 fully saturated rings. The number of β-amino-alcohol motifs (C(OH)–C–C–N with tert-alkyl or cyclic N) is 2. The second-order valence-corrected chi connectivity index (χ2v) is 6.62. The van der Waals surface area contributed by atoms with Gasteiger partial charge in [-0.15, -0.1) is 0 Å². The molecule has 2 heterocycles. The smallest absolute Gasteiger partial charge is 0.131 e. The third-order valence-electron chi connectivity index (χ3n) is 4.86. The molecule has 2 saturated heterocycles. The third-order valence-corrected chi connectivity index (χ3v) is 4.86. The van der Waals surface area contributed by atoms with Gasteiger partial charge in [-0.2, -0.15) is 0 Å². The molecule has 0 saturated carbocycles. The number of piperidine rings is 1. The largest absolute Gasteiger partial charge is 0.389 e. The Bertz CT molecular complexity index is 563. The summed E-state index contributed by atoms with van der Waals surface area (Å²) in [4.78, 5) is 3.58. The standard InChI is InChI=1S/C17H24F2N2O4/c18-13-7-11(21-3-5-25-6-4-21)8-14(19)12(13)1-2-20-9-15(22)17(24)16(23)10-20/h7-8,15-17,22-24H,1-6,9-10H2. The molecule has 2 unspecified atom stereocenters. The number of hydrogen-bond donors (Lipinski definition) is 3. The predicted octanol–water partition coefficient (Wildman–Crippen LogP) is -0.258. The van der Waals surface area contributed by atoms with Gasteiger partial charge in [-0.05, 0) is 18.6 Å². The molecule has 2 aliphatic rings. The number of aliphatic hydroxyl groups is 3. The van der Waals surface area contributed by atoms with Crippen molar-refractivity contribution < 1.29 is 28.8 Å². The first-order valence-corrected chi connectivity index (χ1v) is 8.53. The summed E-state index contributed by atoms with van der Waals surface area (Å²) in [6.07, 6.45) is -3.20. The molecule has 2 aliphatic heterocycles. The van der Waals surface area contributed by atoms with E-state index in [1.54, 1.807) is 4.90 Å². The maximum absolute atomic E-state index is 14.4. The molecule has 140 valence electrons. The first kappa shape index (κ1) is 18.5. The number of likely N-dealkylation sites (tertiary alicyclic amines) is 1. The highest BCUT2D eigenvalue weighted by molar-refractivity contribution is 5.49. The van der Waals surface area contributed by atoms with Crippen LogP contribution in [0.5, 0.6) is 0 Å². The highest BCUT2D eigenvalue weighted by Crippen LogP contribution is 2.24. The van der Waals surface area contributed by atoms with Crippen molar-refractivity contribution >= 4 is 5.69 Å². The molecule has 8 heteroatoms. The molecule has 0 amide bonds. The number of anilines is 1. The van der Waals surface area contributed by atoms with E-state index >= 15 is 0 Å². The summed E-state index contributed by atoms with van der Waals surface area (Å²) < 4.78 is 34.0. The minimum Gasteiger partial charge on any atom is -0.389 e. The average molecular weight is 358 g/mol. The van der Waals surface area contributed by atoms with Gasteiger partial charge in [-0.1, -0.05) is 0 Å². The van der Waals surface area contributed by atoms with Crippen molar-refractivity contribution in [3.05, 3.63) is 29.3 Å². The van der Waals surface area contributed by atoms with Crippen LogP contribution in [0.4, 0.5) is 14.5 Å². The Kier molecular flexibility index (Phi) is 5.85. The van der Waals surface area contributed by atoms with Gasteiger partial charge in [0.15, 0.2) is 0 Å². The third kappa shape index (κ3) is 4.27. The van der Waals surface area contributed by atoms with Crippen LogP contribution in [-0.4, -0.2) is 84.5 Å². The summed E-state index contributed by atoms with van der Waals surface area (Å²) in [5.74, 6) is -1.20. The Labute approximate surface area is 145 Å². The minimum atomic E-state index is -1.18. The molecule has 3 N–H and O–H groups in total. The molecule has 25 heavy (non-hydrogen) atoms. The van der Waals surface area contributed by atoms with E-state index in [9.17, 15) is 24.1 Å². The first-order chi connectivity index (χ1) is 12.0. The zero-order valence-corrected chi connectivity index (χ0v) is 13.9. The van der Waals surface area contributed by atoms with E-state index in [1.807, 2.05) is 4.90 Å². The molecule has 1 aromatic carbocycles. The number of hydrogen-bond acceptors (Lipinski definition) is 6. The van der Waals surface area contributed by atoms with E-state index in [0.717, 1.165) is 0 Å². The summed E-state index contributed by atoms with van der Waals surface area (Å²) >= 11 is 0. The predicted molar refractivity (Wildman–Crippen MR) is 87.6 cm³/mol. The number of halogens is 2. The summed E-state index contributed by atoms with van der Waals surface area (Å²) in [6, 6.07) is 2.68. The Hall–Kier alpha value is -1.32. The van der Waals surface area contributed by atoms with Gasteiger partial charge >= 0.3 is 0 Å². The van der Waals surface area contributed by atoms with Crippen LogP contribution >= 0.6 is 0 Å². The highest BCUT2D eigenvalue weighted by atomic mass is 19.1. The van der Waals surface area contributed by atoms with Gasteiger partial charge in [0.1, 0.15) is 17.7 Å². The Morgan fingerprint density at radius 2 is 1.56 bits per heavy atom. The van der Waals surface area contributed by atoms with Crippen LogP contribution in [0.2, 0.25) is 0 Å². The fourth-order valence-corrected chi connectivity index (χ4v) is 3.36. The Morgan fingerprint density at radius 1 is 1.00 bits per heavy atom. The van der Waals surface area contributed by atoms with Crippen molar-refractivity contribution in [2.45, 2.75) is 24.7 Å². The van der Waals surface area contributed by atoms with E-state index in [0.29, 0.717) is 32.0 Å². The lowest BCUT2D eigenvalue weighted by Crippen LogP contribution is -2.55. The van der Waals surface area contributed by atoms with Crippen molar-refractivity contribution in [1.29, 1.82) is 0 Å². The SMILES string of the molecule is OC1CN(CCc2c(F)cc(N3CCOCC3)cc2F)CC(O)C1O. The topological polar surface area (TPSA) is 76.4 Å². The van der Waals surface area contributed by atoms with Crippen LogP contribution in [0.15, 0.2) is 12.1 Å². The molecule has 0 bridgehead atoms. The van der Waals surface area contributed by atoms with E-state index < -0.39 is 29.9 Å². The van der Waals surface area contributed by atoms with E-state index in [4.69, 9.17) is 4.74 Å². The zero-order valence-electron chi connectivity index (χ0n) is 13.9. The zero-order chi connectivity index (χ0) is 18.0. The first-order valence-electron chi connectivity index (χ1n) is 8.53. The van der Waals surface area contributed by atoms with E-state index in [-0.39, 0.29) is 31.6 Å². The Balaban J connectivity index is 1.64. The minimum absolute atomic E-state index is 0.00730. The normalized spacial score (nSPS) is 28.4. The molecular formula is C17H24F2N2O4. The monoisotopic (exact) mass is 358 g/mol. The fraction of sp³-hybridized carbons (Fsp3) is 0.647. The van der Waals surface area contributed by atoms with Crippen LogP contribution in [0, 0.1) is 11.6 Å². The highest BCUT2D eigenvalue weighted by Gasteiger charge is 2.33. The fourth-order valence-electron chi connectivity index (χ4n) is 3.36. The lowest BCUT2D eigenvalue weighted by molar-refractivity contribution is -0.109. The molecule has 6 nitrogen and oxygen atoms in total. The van der Waals surface area contributed by atoms with Gasteiger partial charge < -0.3 is 25.0 Å². The number of aliphatic hydroxyl groups excluding tert-OH is 3.